The molecule has 0 bridgehead atoms. The summed E-state index contributed by atoms with van der Waals surface area (Å²) in [5.41, 5.74) is 3.76. The largest absolute Gasteiger partial charge is 0.497 e. The minimum Gasteiger partial charge on any atom is -0.497 e. The number of amides is 1. The Morgan fingerprint density at radius 1 is 1.00 bits per heavy atom. The molecule has 0 fully saturated rings. The third-order valence-electron chi connectivity index (χ3n) is 5.34. The Balaban J connectivity index is 1.76. The van der Waals surface area contributed by atoms with Gasteiger partial charge in [0.05, 0.1) is 7.11 Å². The molecule has 1 aliphatic carbocycles. The molecule has 0 spiro atoms. The molecule has 0 aliphatic heterocycles. The van der Waals surface area contributed by atoms with Crippen molar-refractivity contribution >= 4 is 12.1 Å². The van der Waals surface area contributed by atoms with Crippen LogP contribution < -0.4 is 14.8 Å². The van der Waals surface area contributed by atoms with E-state index >= 15 is 0 Å². The summed E-state index contributed by atoms with van der Waals surface area (Å²) in [6, 6.07) is 14.6. The van der Waals surface area contributed by atoms with Crippen LogP contribution in [0.15, 0.2) is 72.0 Å². The maximum Gasteiger partial charge on any atom is 0.416 e. The lowest BCUT2D eigenvalue weighted by Gasteiger charge is -2.18. The Bertz CT molecular complexity index is 1030. The molecule has 6 heteroatoms. The standard InChI is InChI=1S/C26H29NO5/c1-26(2,3)19-15-22(18-8-5-17(6-9-18)7-14-24(28)29)23(16-19)27-25(30)32-21-12-10-20(31-4)11-13-21/h5-6,8-13,15-16,22H,7,14H2,1-4H3,(H,27,30)(H,28,29). The number of ether oxygens (including phenoxy) is 2. The molecule has 0 saturated carbocycles. The van der Waals surface area contributed by atoms with Crippen molar-refractivity contribution in [2.45, 2.75) is 39.5 Å². The zero-order chi connectivity index (χ0) is 23.3. The summed E-state index contributed by atoms with van der Waals surface area (Å²) in [5, 5.41) is 11.8. The minimum atomic E-state index is -0.813. The van der Waals surface area contributed by atoms with Gasteiger partial charge < -0.3 is 14.6 Å². The average molecular weight is 436 g/mol. The molecule has 2 N–H and O–H groups in total. The fourth-order valence-electron chi connectivity index (χ4n) is 3.47. The van der Waals surface area contributed by atoms with E-state index in [0.29, 0.717) is 17.9 Å². The molecule has 0 saturated heterocycles. The summed E-state index contributed by atoms with van der Waals surface area (Å²) >= 11 is 0. The third kappa shape index (κ3) is 6.00. The number of carbonyl (C=O) groups excluding carboxylic acids is 1. The van der Waals surface area contributed by atoms with Crippen LogP contribution in [0.2, 0.25) is 0 Å². The van der Waals surface area contributed by atoms with Gasteiger partial charge in [-0.25, -0.2) is 4.79 Å². The van der Waals surface area contributed by atoms with Crippen LogP contribution in [-0.2, 0) is 11.2 Å². The van der Waals surface area contributed by atoms with Gasteiger partial charge in [-0.2, -0.15) is 0 Å². The van der Waals surface area contributed by atoms with Crippen LogP contribution in [0, 0.1) is 5.41 Å². The van der Waals surface area contributed by atoms with Crippen molar-refractivity contribution < 1.29 is 24.2 Å². The summed E-state index contributed by atoms with van der Waals surface area (Å²) in [7, 11) is 1.58. The van der Waals surface area contributed by atoms with Gasteiger partial charge in [0.2, 0.25) is 0 Å². The zero-order valence-corrected chi connectivity index (χ0v) is 18.8. The number of aliphatic carboxylic acids is 1. The van der Waals surface area contributed by atoms with Crippen LogP contribution in [-0.4, -0.2) is 24.3 Å². The van der Waals surface area contributed by atoms with Gasteiger partial charge in [-0.3, -0.25) is 10.1 Å². The van der Waals surface area contributed by atoms with Crippen molar-refractivity contribution in [1.82, 2.24) is 5.32 Å². The number of rotatable bonds is 7. The Morgan fingerprint density at radius 3 is 2.19 bits per heavy atom. The van der Waals surface area contributed by atoms with Gasteiger partial charge in [-0.05, 0) is 58.9 Å². The Labute approximate surface area is 188 Å². The summed E-state index contributed by atoms with van der Waals surface area (Å²) in [6.45, 7) is 6.38. The molecule has 3 rings (SSSR count). The summed E-state index contributed by atoms with van der Waals surface area (Å²) in [4.78, 5) is 23.4. The quantitative estimate of drug-likeness (QED) is 0.604. The van der Waals surface area contributed by atoms with Gasteiger partial charge in [0, 0.05) is 18.0 Å². The number of carboxylic acids is 1. The van der Waals surface area contributed by atoms with Crippen molar-refractivity contribution in [3.05, 3.63) is 83.1 Å². The SMILES string of the molecule is COc1ccc(OC(=O)NC2=CC(C(C)(C)C)=CC2c2ccc(CCC(=O)O)cc2)cc1. The maximum atomic E-state index is 12.6. The molecule has 2 aromatic carbocycles. The predicted octanol–water partition coefficient (Wildman–Crippen LogP) is 5.45. The van der Waals surface area contributed by atoms with Crippen LogP contribution in [0.5, 0.6) is 11.5 Å². The molecule has 0 heterocycles. The number of hydrogen-bond acceptors (Lipinski definition) is 4. The number of hydrogen-bond donors (Lipinski definition) is 2. The number of carboxylic acid groups (broad SMARTS) is 1. The highest BCUT2D eigenvalue weighted by Crippen LogP contribution is 2.39. The number of nitrogens with one attached hydrogen (secondary N) is 1. The number of carbonyl (C=O) groups is 2. The van der Waals surface area contributed by atoms with Crippen LogP contribution >= 0.6 is 0 Å². The first kappa shape index (κ1) is 23.1. The Kier molecular flexibility index (Phi) is 7.03. The van der Waals surface area contributed by atoms with Crippen molar-refractivity contribution in [2.75, 3.05) is 7.11 Å². The van der Waals surface area contributed by atoms with Crippen LogP contribution in [0.3, 0.4) is 0 Å². The number of aryl methyl sites for hydroxylation is 1. The zero-order valence-electron chi connectivity index (χ0n) is 18.8. The normalized spacial score (nSPS) is 15.6. The van der Waals surface area contributed by atoms with E-state index in [9.17, 15) is 9.59 Å². The van der Waals surface area contributed by atoms with Gasteiger partial charge in [-0.1, -0.05) is 51.1 Å². The van der Waals surface area contributed by atoms with E-state index in [-0.39, 0.29) is 17.8 Å². The first-order valence-corrected chi connectivity index (χ1v) is 10.5. The lowest BCUT2D eigenvalue weighted by atomic mass is 9.86. The van der Waals surface area contributed by atoms with Gasteiger partial charge in [0.1, 0.15) is 11.5 Å². The van der Waals surface area contributed by atoms with Gasteiger partial charge in [0.25, 0.3) is 0 Å². The molecule has 1 aliphatic rings. The van der Waals surface area contributed by atoms with Crippen LogP contribution in [0.25, 0.3) is 0 Å². The lowest BCUT2D eigenvalue weighted by molar-refractivity contribution is -0.136. The first-order valence-electron chi connectivity index (χ1n) is 10.5. The topological polar surface area (TPSA) is 84.9 Å². The molecule has 0 aromatic heterocycles. The molecular weight excluding hydrogens is 406 g/mol. The average Bonchev–Trinajstić information content (AvgIpc) is 3.17. The second-order valence-electron chi connectivity index (χ2n) is 8.77. The lowest BCUT2D eigenvalue weighted by Crippen LogP contribution is -2.28. The van der Waals surface area contributed by atoms with E-state index in [0.717, 1.165) is 22.4 Å². The molecule has 32 heavy (non-hydrogen) atoms. The molecular formula is C26H29NO5. The highest BCUT2D eigenvalue weighted by Gasteiger charge is 2.28. The summed E-state index contributed by atoms with van der Waals surface area (Å²) in [5.74, 6) is 0.168. The second-order valence-corrected chi connectivity index (χ2v) is 8.77. The number of methoxy groups -OCH3 is 1. The Morgan fingerprint density at radius 2 is 1.62 bits per heavy atom. The minimum absolute atomic E-state index is 0.0804. The molecule has 6 nitrogen and oxygen atoms in total. The third-order valence-corrected chi connectivity index (χ3v) is 5.34. The van der Waals surface area contributed by atoms with Crippen LogP contribution in [0.4, 0.5) is 4.79 Å². The fraction of sp³-hybridized carbons (Fsp3) is 0.308. The van der Waals surface area contributed by atoms with E-state index in [1.54, 1.807) is 31.4 Å². The maximum absolute atomic E-state index is 12.6. The predicted molar refractivity (Wildman–Crippen MR) is 123 cm³/mol. The van der Waals surface area contributed by atoms with E-state index in [2.05, 4.69) is 32.2 Å². The van der Waals surface area contributed by atoms with Gasteiger partial charge in [-0.15, -0.1) is 0 Å². The molecule has 1 atom stereocenters. The van der Waals surface area contributed by atoms with Crippen LogP contribution in [0.1, 0.15) is 44.2 Å². The van der Waals surface area contributed by atoms with E-state index in [1.807, 2.05) is 30.3 Å². The highest BCUT2D eigenvalue weighted by atomic mass is 16.6. The molecule has 1 unspecified atom stereocenters. The van der Waals surface area contributed by atoms with E-state index in [4.69, 9.17) is 14.6 Å². The molecule has 1 amide bonds. The van der Waals surface area contributed by atoms with E-state index < -0.39 is 12.1 Å². The van der Waals surface area contributed by atoms with Crippen molar-refractivity contribution in [2.24, 2.45) is 5.41 Å². The van der Waals surface area contributed by atoms with E-state index in [1.165, 1.54) is 0 Å². The Hall–Kier alpha value is -3.54. The monoisotopic (exact) mass is 435 g/mol. The second kappa shape index (κ2) is 9.73. The highest BCUT2D eigenvalue weighted by molar-refractivity contribution is 5.74. The first-order chi connectivity index (χ1) is 15.2. The van der Waals surface area contributed by atoms with Crippen molar-refractivity contribution in [1.29, 1.82) is 0 Å². The smallest absolute Gasteiger partial charge is 0.416 e. The summed E-state index contributed by atoms with van der Waals surface area (Å²) in [6.07, 6.45) is 4.17. The summed E-state index contributed by atoms with van der Waals surface area (Å²) < 4.78 is 10.6. The van der Waals surface area contributed by atoms with Crippen molar-refractivity contribution in [3.8, 4) is 11.5 Å². The molecule has 2 aromatic rings. The van der Waals surface area contributed by atoms with Gasteiger partial charge in [0.15, 0.2) is 0 Å². The fourth-order valence-corrected chi connectivity index (χ4v) is 3.47. The molecule has 0 radical (unpaired) electrons. The number of allylic oxidation sites excluding steroid dienone is 3. The number of benzene rings is 2. The van der Waals surface area contributed by atoms with Crippen molar-refractivity contribution in [3.63, 3.8) is 0 Å². The molecule has 168 valence electrons. The van der Waals surface area contributed by atoms with Gasteiger partial charge >= 0.3 is 12.1 Å².